The Morgan fingerprint density at radius 2 is 1.88 bits per heavy atom. The van der Waals surface area contributed by atoms with E-state index in [0.29, 0.717) is 24.4 Å². The predicted octanol–water partition coefficient (Wildman–Crippen LogP) is 5.34. The van der Waals surface area contributed by atoms with E-state index in [2.05, 4.69) is 10.3 Å². The van der Waals surface area contributed by atoms with E-state index in [4.69, 9.17) is 9.15 Å². The monoisotopic (exact) mass is 352 g/mol. The van der Waals surface area contributed by atoms with Crippen LogP contribution in [-0.2, 0) is 0 Å². The molecule has 0 aliphatic heterocycles. The zero-order chi connectivity index (χ0) is 17.9. The number of benzene rings is 2. The Hall–Kier alpha value is -2.69. The van der Waals surface area contributed by atoms with Crippen LogP contribution < -0.4 is 10.1 Å². The van der Waals surface area contributed by atoms with Gasteiger partial charge in [-0.15, -0.1) is 0 Å². The normalized spacial score (nSPS) is 15.3. The van der Waals surface area contributed by atoms with Gasteiger partial charge in [0.05, 0.1) is 6.61 Å². The number of aromatic nitrogens is 1. The molecule has 5 heteroatoms. The van der Waals surface area contributed by atoms with Crippen LogP contribution in [0.5, 0.6) is 11.5 Å². The van der Waals surface area contributed by atoms with E-state index in [0.717, 1.165) is 22.2 Å². The van der Waals surface area contributed by atoms with Crippen molar-refractivity contribution < 1.29 is 14.3 Å². The van der Waals surface area contributed by atoms with Crippen molar-refractivity contribution in [1.82, 2.24) is 4.98 Å². The van der Waals surface area contributed by atoms with Gasteiger partial charge >= 0.3 is 0 Å². The predicted molar refractivity (Wildman–Crippen MR) is 103 cm³/mol. The minimum atomic E-state index is 0.143. The fourth-order valence-corrected chi connectivity index (χ4v) is 3.56. The molecule has 1 fully saturated rings. The first kappa shape index (κ1) is 16.8. The zero-order valence-electron chi connectivity index (χ0n) is 15.0. The first-order chi connectivity index (χ1) is 12.7. The van der Waals surface area contributed by atoms with Crippen molar-refractivity contribution in [2.24, 2.45) is 0 Å². The highest BCUT2D eigenvalue weighted by molar-refractivity contribution is 5.82. The summed E-state index contributed by atoms with van der Waals surface area (Å²) in [4.78, 5) is 4.60. The molecule has 5 nitrogen and oxygen atoms in total. The second-order valence-electron chi connectivity index (χ2n) is 6.80. The van der Waals surface area contributed by atoms with Crippen LogP contribution in [-0.4, -0.2) is 22.7 Å². The quantitative estimate of drug-likeness (QED) is 0.648. The average Bonchev–Trinajstić information content (AvgIpc) is 3.05. The van der Waals surface area contributed by atoms with Crippen LogP contribution >= 0.6 is 0 Å². The highest BCUT2D eigenvalue weighted by Gasteiger charge is 2.16. The number of nitrogens with one attached hydrogen (secondary N) is 1. The number of rotatable bonds is 5. The summed E-state index contributed by atoms with van der Waals surface area (Å²) in [5.41, 5.74) is 3.47. The number of aromatic hydroxyl groups is 1. The van der Waals surface area contributed by atoms with E-state index in [1.165, 1.54) is 32.1 Å². The molecule has 4 rings (SSSR count). The van der Waals surface area contributed by atoms with E-state index < -0.39 is 0 Å². The topological polar surface area (TPSA) is 67.5 Å². The highest BCUT2D eigenvalue weighted by Crippen LogP contribution is 2.33. The Balaban J connectivity index is 1.58. The second kappa shape index (κ2) is 7.28. The van der Waals surface area contributed by atoms with Crippen molar-refractivity contribution in [2.45, 2.75) is 45.1 Å². The molecule has 26 heavy (non-hydrogen) atoms. The summed E-state index contributed by atoms with van der Waals surface area (Å²) in [7, 11) is 0. The maximum Gasteiger partial charge on any atom is 0.295 e. The number of fused-ring (bicyclic) bond motifs is 1. The Morgan fingerprint density at radius 3 is 2.65 bits per heavy atom. The summed E-state index contributed by atoms with van der Waals surface area (Å²) in [6.45, 7) is 2.42. The van der Waals surface area contributed by atoms with E-state index in [-0.39, 0.29) is 5.75 Å². The lowest BCUT2D eigenvalue weighted by Crippen LogP contribution is -2.22. The van der Waals surface area contributed by atoms with Crippen molar-refractivity contribution in [2.75, 3.05) is 11.9 Å². The molecule has 3 aromatic rings. The maximum atomic E-state index is 10.1. The smallest absolute Gasteiger partial charge is 0.295 e. The summed E-state index contributed by atoms with van der Waals surface area (Å²) in [5.74, 6) is 0.641. The fourth-order valence-electron chi connectivity index (χ4n) is 3.56. The maximum absolute atomic E-state index is 10.1. The lowest BCUT2D eigenvalue weighted by molar-refractivity contribution is 0.318. The van der Waals surface area contributed by atoms with Gasteiger partial charge < -0.3 is 19.6 Å². The molecule has 0 bridgehead atoms. The Kier molecular flexibility index (Phi) is 4.69. The van der Waals surface area contributed by atoms with Crippen LogP contribution in [0.2, 0.25) is 0 Å². The summed E-state index contributed by atoms with van der Waals surface area (Å²) in [5, 5.41) is 13.5. The summed E-state index contributed by atoms with van der Waals surface area (Å²) in [6.07, 6.45) is 6.21. The highest BCUT2D eigenvalue weighted by atomic mass is 16.5. The van der Waals surface area contributed by atoms with Gasteiger partial charge in [0.1, 0.15) is 5.52 Å². The van der Waals surface area contributed by atoms with Crippen molar-refractivity contribution in [1.29, 1.82) is 0 Å². The van der Waals surface area contributed by atoms with Gasteiger partial charge in [-0.3, -0.25) is 0 Å². The molecule has 1 aliphatic carbocycles. The number of phenolic OH excluding ortho intramolecular Hbond substituents is 1. The fraction of sp³-hybridized carbons (Fsp3) is 0.381. The molecule has 136 valence electrons. The number of nitrogens with zero attached hydrogens (tertiary/aromatic N) is 1. The molecule has 1 heterocycles. The molecule has 1 aromatic heterocycles. The largest absolute Gasteiger partial charge is 0.504 e. The molecule has 1 aliphatic rings. The number of phenols is 1. The first-order valence-corrected chi connectivity index (χ1v) is 9.36. The van der Waals surface area contributed by atoms with Gasteiger partial charge in [-0.1, -0.05) is 31.4 Å². The number of oxazole rings is 1. The van der Waals surface area contributed by atoms with Crippen molar-refractivity contribution in [3.8, 4) is 22.6 Å². The second-order valence-corrected chi connectivity index (χ2v) is 6.80. The van der Waals surface area contributed by atoms with Gasteiger partial charge in [0, 0.05) is 6.04 Å². The SMILES string of the molecule is CCOc1ccc(-c2ccc3oc(NC4CCCCC4)nc3c2)cc1O. The minimum Gasteiger partial charge on any atom is -0.504 e. The lowest BCUT2D eigenvalue weighted by Gasteiger charge is -2.21. The summed E-state index contributed by atoms with van der Waals surface area (Å²) < 4.78 is 11.2. The van der Waals surface area contributed by atoms with Gasteiger partial charge in [0.25, 0.3) is 6.01 Å². The van der Waals surface area contributed by atoms with Crippen molar-refractivity contribution in [3.63, 3.8) is 0 Å². The first-order valence-electron chi connectivity index (χ1n) is 9.36. The van der Waals surface area contributed by atoms with Gasteiger partial charge in [-0.25, -0.2) is 0 Å². The van der Waals surface area contributed by atoms with E-state index >= 15 is 0 Å². The Labute approximate surface area is 153 Å². The number of hydrogen-bond donors (Lipinski definition) is 2. The third-order valence-corrected chi connectivity index (χ3v) is 4.91. The van der Waals surface area contributed by atoms with Crippen LogP contribution in [0.25, 0.3) is 22.2 Å². The van der Waals surface area contributed by atoms with Crippen LogP contribution in [0.4, 0.5) is 6.01 Å². The van der Waals surface area contributed by atoms with Gasteiger partial charge in [-0.2, -0.15) is 4.98 Å². The zero-order valence-corrected chi connectivity index (χ0v) is 15.0. The van der Waals surface area contributed by atoms with Gasteiger partial charge in [0.15, 0.2) is 17.1 Å². The van der Waals surface area contributed by atoms with Crippen LogP contribution in [0, 0.1) is 0 Å². The third kappa shape index (κ3) is 3.47. The van der Waals surface area contributed by atoms with Gasteiger partial charge in [-0.05, 0) is 55.2 Å². The van der Waals surface area contributed by atoms with Crippen LogP contribution in [0.1, 0.15) is 39.0 Å². The Bertz CT molecular complexity index is 897. The van der Waals surface area contributed by atoms with Crippen LogP contribution in [0.3, 0.4) is 0 Å². The average molecular weight is 352 g/mol. The number of hydrogen-bond acceptors (Lipinski definition) is 5. The third-order valence-electron chi connectivity index (χ3n) is 4.91. The molecule has 0 amide bonds. The van der Waals surface area contributed by atoms with Gasteiger partial charge in [0.2, 0.25) is 0 Å². The summed E-state index contributed by atoms with van der Waals surface area (Å²) >= 11 is 0. The van der Waals surface area contributed by atoms with Crippen LogP contribution in [0.15, 0.2) is 40.8 Å². The van der Waals surface area contributed by atoms with E-state index in [9.17, 15) is 5.11 Å². The molecule has 0 atom stereocenters. The molecule has 0 unspecified atom stereocenters. The van der Waals surface area contributed by atoms with E-state index in [1.54, 1.807) is 12.1 Å². The summed E-state index contributed by atoms with van der Waals surface area (Å²) in [6, 6.07) is 12.4. The molecule has 1 saturated carbocycles. The Morgan fingerprint density at radius 1 is 1.12 bits per heavy atom. The van der Waals surface area contributed by atoms with E-state index in [1.807, 2.05) is 31.2 Å². The lowest BCUT2D eigenvalue weighted by atomic mass is 9.96. The number of anilines is 1. The molecular weight excluding hydrogens is 328 g/mol. The van der Waals surface area contributed by atoms with Crippen molar-refractivity contribution >= 4 is 17.1 Å². The molecule has 0 radical (unpaired) electrons. The molecule has 0 saturated heterocycles. The van der Waals surface area contributed by atoms with Crippen molar-refractivity contribution in [3.05, 3.63) is 36.4 Å². The number of ether oxygens (including phenoxy) is 1. The molecule has 2 N–H and O–H groups in total. The molecule has 2 aromatic carbocycles. The molecule has 0 spiro atoms. The minimum absolute atomic E-state index is 0.143. The standard InChI is InChI=1S/C21H24N2O3/c1-2-25-20-11-9-15(13-18(20)24)14-8-10-19-17(12-14)23-21(26-19)22-16-6-4-3-5-7-16/h8-13,16,24H,2-7H2,1H3,(H,22,23). The molecular formula is C21H24N2O3.